The second kappa shape index (κ2) is 22.4. The van der Waals surface area contributed by atoms with Crippen LogP contribution in [0.25, 0.3) is 0 Å². The van der Waals surface area contributed by atoms with E-state index in [9.17, 15) is 14.7 Å². The molecule has 0 saturated heterocycles. The smallest absolute Gasteiger partial charge is 0.307 e. The molecule has 0 rings (SSSR count). The van der Waals surface area contributed by atoms with Gasteiger partial charge < -0.3 is 9.84 Å². The summed E-state index contributed by atoms with van der Waals surface area (Å²) in [4.78, 5) is 22.9. The molecule has 4 heteroatoms. The molecule has 1 N–H and O–H groups in total. The first-order valence-corrected chi connectivity index (χ1v) is 12.6. The summed E-state index contributed by atoms with van der Waals surface area (Å²) < 4.78 is 5.00. The van der Waals surface area contributed by atoms with E-state index >= 15 is 0 Å². The molecule has 1 atom stereocenters. The lowest BCUT2D eigenvalue weighted by atomic mass is 9.97. The molecule has 0 aromatic heterocycles. The van der Waals surface area contributed by atoms with Crippen LogP contribution in [0.2, 0.25) is 0 Å². The van der Waals surface area contributed by atoms with Gasteiger partial charge in [-0.1, -0.05) is 103 Å². The Morgan fingerprint density at radius 2 is 1.23 bits per heavy atom. The van der Waals surface area contributed by atoms with Crippen LogP contribution in [-0.4, -0.2) is 23.7 Å². The molecule has 30 heavy (non-hydrogen) atoms. The highest BCUT2D eigenvalue weighted by atomic mass is 16.5. The predicted molar refractivity (Wildman–Crippen MR) is 126 cm³/mol. The first-order valence-electron chi connectivity index (χ1n) is 12.6. The van der Waals surface area contributed by atoms with Crippen LogP contribution in [0.4, 0.5) is 0 Å². The highest BCUT2D eigenvalue weighted by Gasteiger charge is 2.21. The average molecular weight is 425 g/mol. The van der Waals surface area contributed by atoms with Gasteiger partial charge in [0.15, 0.2) is 0 Å². The van der Waals surface area contributed by atoms with Crippen LogP contribution in [0.1, 0.15) is 129 Å². The zero-order chi connectivity index (χ0) is 22.3. The van der Waals surface area contributed by atoms with Crippen molar-refractivity contribution < 1.29 is 19.4 Å². The standard InChI is InChI=1S/C26H48O4/c1-3-5-6-7-8-9-10-11-12-13-14-15-16-17-18-19-20-21-24(26(28)29)23-25(27)30-22-4-2/h7-8,24H,3-6,9-23H2,1-2H3,(H,28,29)/b8-7+. The summed E-state index contributed by atoms with van der Waals surface area (Å²) in [6.45, 7) is 4.54. The van der Waals surface area contributed by atoms with E-state index in [0.29, 0.717) is 13.0 Å². The van der Waals surface area contributed by atoms with Crippen molar-refractivity contribution in [1.29, 1.82) is 0 Å². The number of carbonyl (C=O) groups excluding carboxylic acids is 1. The van der Waals surface area contributed by atoms with Crippen molar-refractivity contribution >= 4 is 11.9 Å². The van der Waals surface area contributed by atoms with E-state index in [4.69, 9.17) is 4.74 Å². The van der Waals surface area contributed by atoms with Gasteiger partial charge in [0, 0.05) is 0 Å². The quantitative estimate of drug-likeness (QED) is 0.109. The molecule has 0 aromatic carbocycles. The fraction of sp³-hybridized carbons (Fsp3) is 0.846. The maximum atomic E-state index is 11.6. The predicted octanol–water partition coefficient (Wildman–Crippen LogP) is 7.85. The Balaban J connectivity index is 3.44. The van der Waals surface area contributed by atoms with Crippen LogP contribution >= 0.6 is 0 Å². The van der Waals surface area contributed by atoms with Crippen LogP contribution < -0.4 is 0 Å². The SMILES string of the molecule is CCCC/C=C/CCCCCCCCCCCCCC(CC(=O)OCCC)C(=O)O. The molecular formula is C26H48O4. The zero-order valence-corrected chi connectivity index (χ0v) is 19.8. The molecule has 0 saturated carbocycles. The highest BCUT2D eigenvalue weighted by molar-refractivity contribution is 5.78. The molecule has 0 bridgehead atoms. The molecule has 0 radical (unpaired) electrons. The van der Waals surface area contributed by atoms with Crippen molar-refractivity contribution in [3.63, 3.8) is 0 Å². The maximum Gasteiger partial charge on any atom is 0.307 e. The van der Waals surface area contributed by atoms with E-state index in [1.165, 1.54) is 77.0 Å². The van der Waals surface area contributed by atoms with E-state index in [2.05, 4.69) is 19.1 Å². The molecular weight excluding hydrogens is 376 g/mol. The Bertz CT molecular complexity index is 431. The Hall–Kier alpha value is -1.32. The second-order valence-electron chi connectivity index (χ2n) is 8.54. The second-order valence-corrected chi connectivity index (χ2v) is 8.54. The van der Waals surface area contributed by atoms with Crippen LogP contribution in [-0.2, 0) is 14.3 Å². The van der Waals surface area contributed by atoms with E-state index in [1.54, 1.807) is 0 Å². The number of esters is 1. The Kier molecular flexibility index (Phi) is 21.4. The number of carboxylic acids is 1. The number of ether oxygens (including phenoxy) is 1. The number of carboxylic acid groups (broad SMARTS) is 1. The molecule has 0 spiro atoms. The van der Waals surface area contributed by atoms with Gasteiger partial charge >= 0.3 is 11.9 Å². The third kappa shape index (κ3) is 20.0. The maximum absolute atomic E-state index is 11.6. The Labute approximate surface area is 185 Å². The van der Waals surface area contributed by atoms with Crippen LogP contribution in [0, 0.1) is 5.92 Å². The lowest BCUT2D eigenvalue weighted by Gasteiger charge is -2.11. The minimum absolute atomic E-state index is 0.00444. The monoisotopic (exact) mass is 424 g/mol. The van der Waals surface area contributed by atoms with E-state index in [-0.39, 0.29) is 12.4 Å². The molecule has 0 amide bonds. The van der Waals surface area contributed by atoms with Gasteiger partial charge in [-0.2, -0.15) is 0 Å². The van der Waals surface area contributed by atoms with Gasteiger partial charge in [0.05, 0.1) is 18.9 Å². The average Bonchev–Trinajstić information content (AvgIpc) is 2.73. The number of rotatable bonds is 22. The number of aliphatic carboxylic acids is 1. The summed E-state index contributed by atoms with van der Waals surface area (Å²) in [5, 5.41) is 9.27. The Morgan fingerprint density at radius 3 is 1.73 bits per heavy atom. The van der Waals surface area contributed by atoms with Gasteiger partial charge in [0.25, 0.3) is 0 Å². The largest absolute Gasteiger partial charge is 0.481 e. The summed E-state index contributed by atoms with van der Waals surface area (Å²) in [7, 11) is 0. The molecule has 0 fully saturated rings. The third-order valence-corrected chi connectivity index (χ3v) is 5.54. The minimum atomic E-state index is -0.879. The lowest BCUT2D eigenvalue weighted by Crippen LogP contribution is -2.19. The number of hydrogen-bond acceptors (Lipinski definition) is 3. The molecule has 176 valence electrons. The minimum Gasteiger partial charge on any atom is -0.481 e. The number of unbranched alkanes of at least 4 members (excludes halogenated alkanes) is 13. The summed E-state index contributed by atoms with van der Waals surface area (Å²) in [6, 6.07) is 0. The lowest BCUT2D eigenvalue weighted by molar-refractivity contribution is -0.151. The van der Waals surface area contributed by atoms with Crippen molar-refractivity contribution in [3.8, 4) is 0 Å². The van der Waals surface area contributed by atoms with Crippen molar-refractivity contribution in [3.05, 3.63) is 12.2 Å². The van der Waals surface area contributed by atoms with E-state index in [1.807, 2.05) is 6.92 Å². The Morgan fingerprint density at radius 1 is 0.733 bits per heavy atom. The summed E-state index contributed by atoms with van der Waals surface area (Å²) in [5.41, 5.74) is 0. The molecule has 0 aliphatic carbocycles. The normalized spacial score (nSPS) is 12.3. The number of allylic oxidation sites excluding steroid dienone is 2. The van der Waals surface area contributed by atoms with Gasteiger partial charge in [-0.15, -0.1) is 0 Å². The first kappa shape index (κ1) is 28.7. The molecule has 0 aliphatic rings. The topological polar surface area (TPSA) is 63.6 Å². The van der Waals surface area contributed by atoms with Crippen LogP contribution in [0.3, 0.4) is 0 Å². The molecule has 0 aromatic rings. The van der Waals surface area contributed by atoms with Crippen LogP contribution in [0.5, 0.6) is 0 Å². The summed E-state index contributed by atoms with van der Waals surface area (Å²) in [5.74, 6) is -1.86. The zero-order valence-electron chi connectivity index (χ0n) is 19.8. The van der Waals surface area contributed by atoms with Gasteiger partial charge in [0.2, 0.25) is 0 Å². The fourth-order valence-corrected chi connectivity index (χ4v) is 3.59. The van der Waals surface area contributed by atoms with Crippen molar-refractivity contribution in [1.82, 2.24) is 0 Å². The van der Waals surface area contributed by atoms with E-state index < -0.39 is 11.9 Å². The van der Waals surface area contributed by atoms with Crippen LogP contribution in [0.15, 0.2) is 12.2 Å². The summed E-state index contributed by atoms with van der Waals surface area (Å²) in [6.07, 6.45) is 24.8. The molecule has 4 nitrogen and oxygen atoms in total. The van der Waals surface area contributed by atoms with Gasteiger partial charge in [-0.05, 0) is 32.1 Å². The van der Waals surface area contributed by atoms with Gasteiger partial charge in [0.1, 0.15) is 0 Å². The molecule has 1 unspecified atom stereocenters. The highest BCUT2D eigenvalue weighted by Crippen LogP contribution is 2.17. The van der Waals surface area contributed by atoms with Crippen molar-refractivity contribution in [2.24, 2.45) is 5.92 Å². The molecule has 0 aliphatic heterocycles. The van der Waals surface area contributed by atoms with E-state index in [0.717, 1.165) is 25.7 Å². The van der Waals surface area contributed by atoms with Gasteiger partial charge in [-0.3, -0.25) is 9.59 Å². The number of carbonyl (C=O) groups is 2. The van der Waals surface area contributed by atoms with Crippen molar-refractivity contribution in [2.45, 2.75) is 129 Å². The van der Waals surface area contributed by atoms with Crippen molar-refractivity contribution in [2.75, 3.05) is 6.61 Å². The number of hydrogen-bond donors (Lipinski definition) is 1. The van der Waals surface area contributed by atoms with Gasteiger partial charge in [-0.25, -0.2) is 0 Å². The first-order chi connectivity index (χ1) is 14.6. The fourth-order valence-electron chi connectivity index (χ4n) is 3.59. The third-order valence-electron chi connectivity index (χ3n) is 5.54. The summed E-state index contributed by atoms with van der Waals surface area (Å²) >= 11 is 0. The molecule has 0 heterocycles.